The predicted molar refractivity (Wildman–Crippen MR) is 88.9 cm³/mol. The lowest BCUT2D eigenvalue weighted by Crippen LogP contribution is -2.44. The zero-order chi connectivity index (χ0) is 15.3. The van der Waals surface area contributed by atoms with Gasteiger partial charge in [0.25, 0.3) is 0 Å². The maximum atomic E-state index is 6.37. The molecule has 0 bridgehead atoms. The van der Waals surface area contributed by atoms with Gasteiger partial charge < -0.3 is 15.5 Å². The average Bonchev–Trinajstić information content (AvgIpc) is 2.30. The van der Waals surface area contributed by atoms with Gasteiger partial charge in [0.1, 0.15) is 0 Å². The summed E-state index contributed by atoms with van der Waals surface area (Å²) in [6.07, 6.45) is 5.07. The fourth-order valence-corrected chi connectivity index (χ4v) is 3.43. The molecule has 3 atom stereocenters. The van der Waals surface area contributed by atoms with Crippen LogP contribution < -0.4 is 5.73 Å². The third kappa shape index (κ3) is 6.11. The second-order valence-corrected chi connectivity index (χ2v) is 8.22. The quantitative estimate of drug-likeness (QED) is 0.813. The highest BCUT2D eigenvalue weighted by atomic mass is 15.1. The molecule has 0 aromatic rings. The van der Waals surface area contributed by atoms with Crippen molar-refractivity contribution in [1.29, 1.82) is 0 Å². The van der Waals surface area contributed by atoms with Gasteiger partial charge in [-0.1, -0.05) is 20.8 Å². The average molecular weight is 284 g/mol. The second-order valence-electron chi connectivity index (χ2n) is 8.22. The first-order chi connectivity index (χ1) is 9.20. The summed E-state index contributed by atoms with van der Waals surface area (Å²) in [5.41, 5.74) is 6.81. The summed E-state index contributed by atoms with van der Waals surface area (Å²) in [7, 11) is 6.54. The van der Waals surface area contributed by atoms with E-state index < -0.39 is 0 Å². The van der Waals surface area contributed by atoms with E-state index in [4.69, 9.17) is 5.73 Å². The van der Waals surface area contributed by atoms with Crippen molar-refractivity contribution in [2.45, 2.75) is 52.5 Å². The van der Waals surface area contributed by atoms with Crippen molar-refractivity contribution in [2.24, 2.45) is 23.0 Å². The van der Waals surface area contributed by atoms with Crippen LogP contribution in [0.1, 0.15) is 46.5 Å². The van der Waals surface area contributed by atoms with Crippen LogP contribution >= 0.6 is 0 Å². The van der Waals surface area contributed by atoms with Crippen LogP contribution in [-0.4, -0.2) is 56.6 Å². The lowest BCUT2D eigenvalue weighted by Gasteiger charge is -2.42. The molecular weight excluding hydrogens is 246 g/mol. The van der Waals surface area contributed by atoms with E-state index in [0.29, 0.717) is 17.4 Å². The second kappa shape index (κ2) is 7.77. The zero-order valence-corrected chi connectivity index (χ0v) is 14.7. The lowest BCUT2D eigenvalue weighted by atomic mass is 9.67. The Balaban J connectivity index is 2.40. The fourth-order valence-electron chi connectivity index (χ4n) is 3.43. The van der Waals surface area contributed by atoms with E-state index in [1.54, 1.807) is 0 Å². The van der Waals surface area contributed by atoms with Crippen molar-refractivity contribution in [2.75, 3.05) is 40.8 Å². The van der Waals surface area contributed by atoms with Gasteiger partial charge in [-0.05, 0) is 77.2 Å². The molecule has 3 nitrogen and oxygen atoms in total. The van der Waals surface area contributed by atoms with E-state index >= 15 is 0 Å². The maximum absolute atomic E-state index is 6.37. The molecule has 0 saturated heterocycles. The molecule has 1 saturated carbocycles. The molecule has 3 unspecified atom stereocenters. The van der Waals surface area contributed by atoms with Gasteiger partial charge in [-0.25, -0.2) is 0 Å². The summed E-state index contributed by atoms with van der Waals surface area (Å²) in [5, 5.41) is 0. The molecule has 1 rings (SSSR count). The minimum atomic E-state index is 0.407. The lowest BCUT2D eigenvalue weighted by molar-refractivity contribution is 0.105. The molecule has 0 amide bonds. The summed E-state index contributed by atoms with van der Waals surface area (Å²) < 4.78 is 0. The highest BCUT2D eigenvalue weighted by Crippen LogP contribution is 2.39. The van der Waals surface area contributed by atoms with Gasteiger partial charge in [0, 0.05) is 12.6 Å². The smallest absolute Gasteiger partial charge is 0.00795 e. The van der Waals surface area contributed by atoms with Gasteiger partial charge in [0.05, 0.1) is 0 Å². The first kappa shape index (κ1) is 17.9. The van der Waals surface area contributed by atoms with Crippen LogP contribution in [0, 0.1) is 17.3 Å². The Morgan fingerprint density at radius 3 is 2.25 bits per heavy atom. The molecule has 0 aliphatic heterocycles. The number of nitrogens with zero attached hydrogens (tertiary/aromatic N) is 2. The number of hydrogen-bond donors (Lipinski definition) is 1. The molecule has 1 fully saturated rings. The molecule has 1 aliphatic carbocycles. The van der Waals surface area contributed by atoms with Gasteiger partial charge in [-0.15, -0.1) is 0 Å². The third-order valence-electron chi connectivity index (χ3n) is 4.96. The molecule has 0 aromatic heterocycles. The molecule has 20 heavy (non-hydrogen) atoms. The van der Waals surface area contributed by atoms with Crippen LogP contribution in [-0.2, 0) is 0 Å². The van der Waals surface area contributed by atoms with E-state index in [0.717, 1.165) is 5.92 Å². The SMILES string of the molecule is CN(C)CCCN(C)CC1CC(C(C)(C)C)CCC1N. The standard InChI is InChI=1S/C17H37N3/c1-17(2,3)15-8-9-16(18)14(12-15)13-20(6)11-7-10-19(4)5/h14-16H,7-13,18H2,1-6H3. The van der Waals surface area contributed by atoms with Gasteiger partial charge in [0.15, 0.2) is 0 Å². The molecule has 3 heteroatoms. The van der Waals surface area contributed by atoms with Crippen LogP contribution in [0.25, 0.3) is 0 Å². The Morgan fingerprint density at radius 1 is 1.05 bits per heavy atom. The number of hydrogen-bond acceptors (Lipinski definition) is 3. The van der Waals surface area contributed by atoms with E-state index in [2.05, 4.69) is 51.7 Å². The molecule has 2 N–H and O–H groups in total. The summed E-state index contributed by atoms with van der Waals surface area (Å²) in [6.45, 7) is 10.7. The minimum Gasteiger partial charge on any atom is -0.327 e. The van der Waals surface area contributed by atoms with Crippen molar-refractivity contribution in [3.63, 3.8) is 0 Å². The summed E-state index contributed by atoms with van der Waals surface area (Å²) in [6, 6.07) is 0.407. The zero-order valence-electron chi connectivity index (χ0n) is 14.7. The Labute approximate surface area is 126 Å². The first-order valence-electron chi connectivity index (χ1n) is 8.29. The van der Waals surface area contributed by atoms with Crippen molar-refractivity contribution >= 4 is 0 Å². The summed E-state index contributed by atoms with van der Waals surface area (Å²) >= 11 is 0. The highest BCUT2D eigenvalue weighted by molar-refractivity contribution is 4.88. The van der Waals surface area contributed by atoms with Crippen molar-refractivity contribution in [3.8, 4) is 0 Å². The third-order valence-corrected chi connectivity index (χ3v) is 4.96. The van der Waals surface area contributed by atoms with Crippen LogP contribution in [0.5, 0.6) is 0 Å². The van der Waals surface area contributed by atoms with Crippen molar-refractivity contribution < 1.29 is 0 Å². The van der Waals surface area contributed by atoms with Gasteiger partial charge >= 0.3 is 0 Å². The molecular formula is C17H37N3. The Morgan fingerprint density at radius 2 is 1.70 bits per heavy atom. The molecule has 0 spiro atoms. The van der Waals surface area contributed by atoms with Gasteiger partial charge in [-0.2, -0.15) is 0 Å². The monoisotopic (exact) mass is 283 g/mol. The molecule has 120 valence electrons. The van der Waals surface area contributed by atoms with Crippen molar-refractivity contribution in [1.82, 2.24) is 9.80 Å². The molecule has 0 radical (unpaired) electrons. The van der Waals surface area contributed by atoms with Crippen LogP contribution in [0.15, 0.2) is 0 Å². The maximum Gasteiger partial charge on any atom is 0.00795 e. The van der Waals surface area contributed by atoms with Gasteiger partial charge in [0.2, 0.25) is 0 Å². The Bertz CT molecular complexity index is 270. The normalized spacial score (nSPS) is 28.4. The first-order valence-corrected chi connectivity index (χ1v) is 8.29. The number of rotatable bonds is 6. The van der Waals surface area contributed by atoms with E-state index in [-0.39, 0.29) is 0 Å². The Hall–Kier alpha value is -0.120. The summed E-state index contributed by atoms with van der Waals surface area (Å²) in [4.78, 5) is 4.74. The predicted octanol–water partition coefficient (Wildman–Crippen LogP) is 2.66. The minimum absolute atomic E-state index is 0.407. The van der Waals surface area contributed by atoms with Crippen LogP contribution in [0.4, 0.5) is 0 Å². The van der Waals surface area contributed by atoms with Crippen LogP contribution in [0.3, 0.4) is 0 Å². The molecule has 0 heterocycles. The topological polar surface area (TPSA) is 32.5 Å². The largest absolute Gasteiger partial charge is 0.327 e. The highest BCUT2D eigenvalue weighted by Gasteiger charge is 2.34. The molecule has 0 aromatic carbocycles. The van der Waals surface area contributed by atoms with E-state index in [1.165, 1.54) is 45.3 Å². The van der Waals surface area contributed by atoms with Crippen molar-refractivity contribution in [3.05, 3.63) is 0 Å². The van der Waals surface area contributed by atoms with E-state index in [1.807, 2.05) is 0 Å². The van der Waals surface area contributed by atoms with Gasteiger partial charge in [-0.3, -0.25) is 0 Å². The Kier molecular flexibility index (Phi) is 6.96. The molecule has 1 aliphatic rings. The van der Waals surface area contributed by atoms with Crippen LogP contribution in [0.2, 0.25) is 0 Å². The fraction of sp³-hybridized carbons (Fsp3) is 1.00. The number of nitrogens with two attached hydrogens (primary N) is 1. The van der Waals surface area contributed by atoms with E-state index in [9.17, 15) is 0 Å². The summed E-state index contributed by atoms with van der Waals surface area (Å²) in [5.74, 6) is 1.51.